The van der Waals surface area contributed by atoms with E-state index in [-0.39, 0.29) is 5.91 Å². The Hall–Kier alpha value is -0.870. The maximum absolute atomic E-state index is 12.3. The molecule has 0 bridgehead atoms. The number of amides is 1. The van der Waals surface area contributed by atoms with Gasteiger partial charge in [0.25, 0.3) is 5.91 Å². The molecule has 1 N–H and O–H groups in total. The zero-order chi connectivity index (χ0) is 11.4. The van der Waals surface area contributed by atoms with E-state index in [1.165, 1.54) is 11.3 Å². The first-order chi connectivity index (χ1) is 7.83. The second kappa shape index (κ2) is 5.46. The minimum absolute atomic E-state index is 0.200. The molecule has 1 aliphatic rings. The molecule has 88 valence electrons. The van der Waals surface area contributed by atoms with E-state index in [1.54, 1.807) is 0 Å². The smallest absolute Gasteiger partial charge is 0.264 e. The van der Waals surface area contributed by atoms with Gasteiger partial charge >= 0.3 is 0 Å². The molecule has 2 rings (SSSR count). The number of carbonyl (C=O) groups excluding carboxylic acids is 1. The van der Waals surface area contributed by atoms with Crippen molar-refractivity contribution < 1.29 is 4.79 Å². The Morgan fingerprint density at radius 1 is 1.69 bits per heavy atom. The first kappa shape index (κ1) is 11.6. The molecule has 0 spiro atoms. The van der Waals surface area contributed by atoms with Gasteiger partial charge in [-0.1, -0.05) is 13.0 Å². The molecule has 0 radical (unpaired) electrons. The van der Waals surface area contributed by atoms with E-state index in [4.69, 9.17) is 0 Å². The van der Waals surface area contributed by atoms with Gasteiger partial charge in [-0.15, -0.1) is 11.3 Å². The van der Waals surface area contributed by atoms with Gasteiger partial charge in [0.2, 0.25) is 0 Å². The summed E-state index contributed by atoms with van der Waals surface area (Å²) >= 11 is 1.53. The third-order valence-corrected chi connectivity index (χ3v) is 3.79. The third-order valence-electron chi connectivity index (χ3n) is 2.93. The number of carbonyl (C=O) groups is 1. The topological polar surface area (TPSA) is 32.3 Å². The highest BCUT2D eigenvalue weighted by molar-refractivity contribution is 7.12. The van der Waals surface area contributed by atoms with Crippen molar-refractivity contribution in [3.8, 4) is 0 Å². The fourth-order valence-corrected chi connectivity index (χ4v) is 2.82. The summed E-state index contributed by atoms with van der Waals surface area (Å²) in [6, 6.07) is 4.24. The predicted molar refractivity (Wildman–Crippen MR) is 66.9 cm³/mol. The minimum atomic E-state index is 0.200. The molecule has 16 heavy (non-hydrogen) atoms. The molecule has 0 saturated carbocycles. The van der Waals surface area contributed by atoms with Crippen LogP contribution in [0, 0.1) is 0 Å². The number of hydrogen-bond donors (Lipinski definition) is 1. The quantitative estimate of drug-likeness (QED) is 0.869. The molecular formula is C12H18N2OS. The van der Waals surface area contributed by atoms with Gasteiger partial charge in [0.1, 0.15) is 0 Å². The molecule has 3 nitrogen and oxygen atoms in total. The van der Waals surface area contributed by atoms with Crippen molar-refractivity contribution >= 4 is 17.2 Å². The first-order valence-corrected chi connectivity index (χ1v) is 6.76. The summed E-state index contributed by atoms with van der Waals surface area (Å²) in [6.07, 6.45) is 2.10. The average Bonchev–Trinajstić information content (AvgIpc) is 2.96. The summed E-state index contributed by atoms with van der Waals surface area (Å²) in [5.74, 6) is 0.200. The molecule has 1 amide bonds. The van der Waals surface area contributed by atoms with Crippen molar-refractivity contribution in [1.82, 2.24) is 10.2 Å². The van der Waals surface area contributed by atoms with Crippen LogP contribution in [0.1, 0.15) is 29.4 Å². The summed E-state index contributed by atoms with van der Waals surface area (Å²) < 4.78 is 0. The van der Waals surface area contributed by atoms with Crippen LogP contribution in [-0.2, 0) is 0 Å². The summed E-state index contributed by atoms with van der Waals surface area (Å²) in [6.45, 7) is 4.96. The molecule has 1 saturated heterocycles. The Morgan fingerprint density at radius 3 is 3.12 bits per heavy atom. The van der Waals surface area contributed by atoms with Crippen LogP contribution in [-0.4, -0.2) is 36.5 Å². The normalized spacial score (nSPS) is 19.9. The van der Waals surface area contributed by atoms with E-state index in [9.17, 15) is 4.79 Å². The Balaban J connectivity index is 2.09. The molecule has 1 aromatic rings. The monoisotopic (exact) mass is 238 g/mol. The van der Waals surface area contributed by atoms with Crippen LogP contribution in [0.5, 0.6) is 0 Å². The first-order valence-electron chi connectivity index (χ1n) is 5.88. The number of rotatable bonds is 4. The lowest BCUT2D eigenvalue weighted by molar-refractivity contribution is 0.0697. The standard InChI is InChI=1S/C12H18N2OS/c1-2-7-14(10-5-6-13-9-10)12(15)11-4-3-8-16-11/h3-4,8,10,13H,2,5-7,9H2,1H3. The van der Waals surface area contributed by atoms with Gasteiger partial charge in [0.15, 0.2) is 0 Å². The molecular weight excluding hydrogens is 220 g/mol. The maximum Gasteiger partial charge on any atom is 0.264 e. The van der Waals surface area contributed by atoms with Crippen LogP contribution in [0.25, 0.3) is 0 Å². The van der Waals surface area contributed by atoms with Crippen molar-refractivity contribution in [2.24, 2.45) is 0 Å². The predicted octanol–water partition coefficient (Wildman–Crippen LogP) is 1.96. The maximum atomic E-state index is 12.3. The van der Waals surface area contributed by atoms with Crippen molar-refractivity contribution in [2.75, 3.05) is 19.6 Å². The Kier molecular flexibility index (Phi) is 3.96. The highest BCUT2D eigenvalue weighted by atomic mass is 32.1. The Labute approximate surface area is 100 Å². The Bertz CT molecular complexity index is 331. The molecule has 4 heteroatoms. The van der Waals surface area contributed by atoms with Crippen LogP contribution < -0.4 is 5.32 Å². The van der Waals surface area contributed by atoms with E-state index in [1.807, 2.05) is 22.4 Å². The number of thiophene rings is 1. The van der Waals surface area contributed by atoms with Gasteiger partial charge in [-0.2, -0.15) is 0 Å². The second-order valence-corrected chi connectivity index (χ2v) is 5.07. The van der Waals surface area contributed by atoms with E-state index < -0.39 is 0 Å². The third kappa shape index (κ3) is 2.44. The molecule has 0 aliphatic carbocycles. The van der Waals surface area contributed by atoms with Gasteiger partial charge in [-0.3, -0.25) is 4.79 Å². The van der Waals surface area contributed by atoms with Crippen LogP contribution >= 0.6 is 11.3 Å². The zero-order valence-corrected chi connectivity index (χ0v) is 10.4. The summed E-state index contributed by atoms with van der Waals surface area (Å²) in [4.78, 5) is 15.2. The molecule has 1 fully saturated rings. The van der Waals surface area contributed by atoms with Crippen LogP contribution in [0.15, 0.2) is 17.5 Å². The zero-order valence-electron chi connectivity index (χ0n) is 9.61. The van der Waals surface area contributed by atoms with Crippen LogP contribution in [0.2, 0.25) is 0 Å². The van der Waals surface area contributed by atoms with Crippen molar-refractivity contribution in [1.29, 1.82) is 0 Å². The molecule has 1 aromatic heterocycles. The highest BCUT2D eigenvalue weighted by Gasteiger charge is 2.26. The average molecular weight is 238 g/mol. The lowest BCUT2D eigenvalue weighted by atomic mass is 10.2. The number of nitrogens with one attached hydrogen (secondary N) is 1. The SMILES string of the molecule is CCCN(C(=O)c1cccs1)C1CCNC1. The molecule has 1 unspecified atom stereocenters. The van der Waals surface area contributed by atoms with Gasteiger partial charge in [0, 0.05) is 19.1 Å². The van der Waals surface area contributed by atoms with E-state index >= 15 is 0 Å². The lowest BCUT2D eigenvalue weighted by Crippen LogP contribution is -2.41. The largest absolute Gasteiger partial charge is 0.334 e. The van der Waals surface area contributed by atoms with Crippen molar-refractivity contribution in [2.45, 2.75) is 25.8 Å². The number of nitrogens with zero attached hydrogens (tertiary/aromatic N) is 1. The minimum Gasteiger partial charge on any atom is -0.334 e. The van der Waals surface area contributed by atoms with Crippen molar-refractivity contribution in [3.05, 3.63) is 22.4 Å². The van der Waals surface area contributed by atoms with E-state index in [0.29, 0.717) is 6.04 Å². The second-order valence-electron chi connectivity index (χ2n) is 4.12. The summed E-state index contributed by atoms with van der Waals surface area (Å²) in [7, 11) is 0. The van der Waals surface area contributed by atoms with Gasteiger partial charge in [-0.05, 0) is 30.8 Å². The van der Waals surface area contributed by atoms with Crippen molar-refractivity contribution in [3.63, 3.8) is 0 Å². The molecule has 1 aliphatic heterocycles. The van der Waals surface area contributed by atoms with Gasteiger partial charge in [0.05, 0.1) is 4.88 Å². The van der Waals surface area contributed by atoms with Crippen LogP contribution in [0.4, 0.5) is 0 Å². The van der Waals surface area contributed by atoms with E-state index in [0.717, 1.165) is 37.4 Å². The van der Waals surface area contributed by atoms with Gasteiger partial charge < -0.3 is 10.2 Å². The fourth-order valence-electron chi connectivity index (χ4n) is 2.14. The molecule has 0 aromatic carbocycles. The highest BCUT2D eigenvalue weighted by Crippen LogP contribution is 2.17. The number of hydrogen-bond acceptors (Lipinski definition) is 3. The summed E-state index contributed by atoms with van der Waals surface area (Å²) in [5.41, 5.74) is 0. The fraction of sp³-hybridized carbons (Fsp3) is 0.583. The van der Waals surface area contributed by atoms with Crippen LogP contribution in [0.3, 0.4) is 0 Å². The lowest BCUT2D eigenvalue weighted by Gasteiger charge is -2.27. The van der Waals surface area contributed by atoms with Gasteiger partial charge in [-0.25, -0.2) is 0 Å². The van der Waals surface area contributed by atoms with E-state index in [2.05, 4.69) is 12.2 Å². The summed E-state index contributed by atoms with van der Waals surface area (Å²) in [5, 5.41) is 5.28. The molecule has 2 heterocycles. The molecule has 1 atom stereocenters. The Morgan fingerprint density at radius 2 is 2.56 bits per heavy atom.